The Morgan fingerprint density at radius 1 is 1.21 bits per heavy atom. The van der Waals surface area contributed by atoms with E-state index in [4.69, 9.17) is 15.2 Å². The number of ether oxygens (including phenoxy) is 2. The van der Waals surface area contributed by atoms with Crippen LogP contribution in [0.5, 0.6) is 11.5 Å². The monoisotopic (exact) mass is 328 g/mol. The van der Waals surface area contributed by atoms with Crippen molar-refractivity contribution in [1.82, 2.24) is 0 Å². The van der Waals surface area contributed by atoms with Gasteiger partial charge in [0.25, 0.3) is 5.91 Å². The van der Waals surface area contributed by atoms with Gasteiger partial charge in [0, 0.05) is 5.69 Å². The highest BCUT2D eigenvalue weighted by molar-refractivity contribution is 5.94. The molecule has 0 spiro atoms. The van der Waals surface area contributed by atoms with Crippen molar-refractivity contribution in [2.24, 2.45) is 0 Å². The molecule has 24 heavy (non-hydrogen) atoms. The molecule has 5 heteroatoms. The molecule has 1 atom stereocenters. The van der Waals surface area contributed by atoms with E-state index >= 15 is 0 Å². The Kier molecular flexibility index (Phi) is 6.07. The van der Waals surface area contributed by atoms with Gasteiger partial charge in [-0.3, -0.25) is 4.79 Å². The molecule has 0 aliphatic rings. The number of methoxy groups -OCH3 is 1. The van der Waals surface area contributed by atoms with Crippen molar-refractivity contribution in [2.75, 3.05) is 24.8 Å². The molecule has 0 unspecified atom stereocenters. The second-order valence-corrected chi connectivity index (χ2v) is 5.64. The van der Waals surface area contributed by atoms with Crippen LogP contribution in [0.15, 0.2) is 42.5 Å². The molecule has 3 N–H and O–H groups in total. The van der Waals surface area contributed by atoms with Crippen LogP contribution in [0.2, 0.25) is 0 Å². The number of carbonyl (C=O) groups is 1. The molecular weight excluding hydrogens is 304 g/mol. The molecule has 0 saturated heterocycles. The maximum Gasteiger partial charge on any atom is 0.262 e. The molecule has 0 saturated carbocycles. The van der Waals surface area contributed by atoms with Crippen LogP contribution in [0.3, 0.4) is 0 Å². The van der Waals surface area contributed by atoms with Gasteiger partial charge in [0.1, 0.15) is 11.5 Å². The first-order chi connectivity index (χ1) is 11.5. The fourth-order valence-electron chi connectivity index (χ4n) is 2.39. The van der Waals surface area contributed by atoms with Gasteiger partial charge in [0.05, 0.1) is 12.8 Å². The van der Waals surface area contributed by atoms with Crippen LogP contribution in [0, 0.1) is 0 Å². The van der Waals surface area contributed by atoms with E-state index < -0.39 is 0 Å². The molecule has 0 bridgehead atoms. The quantitative estimate of drug-likeness (QED) is 0.758. The van der Waals surface area contributed by atoms with Crippen LogP contribution in [0.25, 0.3) is 0 Å². The molecule has 128 valence electrons. The zero-order valence-corrected chi connectivity index (χ0v) is 14.3. The average molecular weight is 328 g/mol. The highest BCUT2D eigenvalue weighted by atomic mass is 16.5. The Labute approximate surface area is 142 Å². The van der Waals surface area contributed by atoms with Crippen molar-refractivity contribution in [2.45, 2.75) is 26.2 Å². The van der Waals surface area contributed by atoms with Gasteiger partial charge in [-0.05, 0) is 42.2 Å². The number of benzene rings is 2. The second-order valence-electron chi connectivity index (χ2n) is 5.64. The minimum absolute atomic E-state index is 0.0780. The molecule has 5 nitrogen and oxygen atoms in total. The Bertz CT molecular complexity index is 701. The SMILES string of the molecule is CC[C@@H](C)c1ccccc1OCC(=O)Nc1cc(N)ccc1OC. The number of hydrogen-bond acceptors (Lipinski definition) is 4. The smallest absolute Gasteiger partial charge is 0.262 e. The number of nitrogen functional groups attached to an aromatic ring is 1. The predicted molar refractivity (Wildman–Crippen MR) is 96.7 cm³/mol. The first-order valence-corrected chi connectivity index (χ1v) is 8.00. The first kappa shape index (κ1) is 17.7. The molecule has 2 aromatic rings. The van der Waals surface area contributed by atoms with E-state index in [0.29, 0.717) is 23.0 Å². The normalized spacial score (nSPS) is 11.6. The van der Waals surface area contributed by atoms with Gasteiger partial charge < -0.3 is 20.5 Å². The summed E-state index contributed by atoms with van der Waals surface area (Å²) in [4.78, 5) is 12.2. The summed E-state index contributed by atoms with van der Waals surface area (Å²) < 4.78 is 10.9. The van der Waals surface area contributed by atoms with E-state index in [1.165, 1.54) is 0 Å². The Morgan fingerprint density at radius 3 is 2.67 bits per heavy atom. The number of anilines is 2. The van der Waals surface area contributed by atoms with Crippen molar-refractivity contribution >= 4 is 17.3 Å². The minimum Gasteiger partial charge on any atom is -0.495 e. The molecule has 2 aromatic carbocycles. The van der Waals surface area contributed by atoms with Crippen LogP contribution in [0.1, 0.15) is 31.7 Å². The maximum absolute atomic E-state index is 12.2. The van der Waals surface area contributed by atoms with Crippen molar-refractivity contribution in [3.05, 3.63) is 48.0 Å². The van der Waals surface area contributed by atoms with Crippen molar-refractivity contribution in [1.29, 1.82) is 0 Å². The number of para-hydroxylation sites is 1. The summed E-state index contributed by atoms with van der Waals surface area (Å²) in [6.45, 7) is 4.19. The Balaban J connectivity index is 2.03. The van der Waals surface area contributed by atoms with Gasteiger partial charge in [0.15, 0.2) is 6.61 Å². The predicted octanol–water partition coefficient (Wildman–Crippen LogP) is 3.81. The molecular formula is C19H24N2O3. The molecule has 0 fully saturated rings. The van der Waals surface area contributed by atoms with Crippen LogP contribution in [-0.2, 0) is 4.79 Å². The second kappa shape index (κ2) is 8.24. The Morgan fingerprint density at radius 2 is 1.96 bits per heavy atom. The van der Waals surface area contributed by atoms with Gasteiger partial charge in [-0.1, -0.05) is 32.0 Å². The average Bonchev–Trinajstić information content (AvgIpc) is 2.59. The lowest BCUT2D eigenvalue weighted by Gasteiger charge is -2.16. The minimum atomic E-state index is -0.266. The lowest BCUT2D eigenvalue weighted by atomic mass is 9.98. The molecule has 0 aliphatic heterocycles. The summed E-state index contributed by atoms with van der Waals surface area (Å²) in [6.07, 6.45) is 1.01. The lowest BCUT2D eigenvalue weighted by molar-refractivity contribution is -0.118. The van der Waals surface area contributed by atoms with E-state index in [9.17, 15) is 4.79 Å². The number of carbonyl (C=O) groups excluding carboxylic acids is 1. The molecule has 0 heterocycles. The number of hydrogen-bond donors (Lipinski definition) is 2. The number of nitrogens with two attached hydrogens (primary N) is 1. The highest BCUT2D eigenvalue weighted by Crippen LogP contribution is 2.29. The third kappa shape index (κ3) is 4.41. The zero-order valence-electron chi connectivity index (χ0n) is 14.3. The van der Waals surface area contributed by atoms with Gasteiger partial charge in [-0.2, -0.15) is 0 Å². The highest BCUT2D eigenvalue weighted by Gasteiger charge is 2.12. The van der Waals surface area contributed by atoms with E-state index in [-0.39, 0.29) is 12.5 Å². The van der Waals surface area contributed by atoms with Gasteiger partial charge in [-0.15, -0.1) is 0 Å². The maximum atomic E-state index is 12.2. The zero-order chi connectivity index (χ0) is 17.5. The van der Waals surface area contributed by atoms with E-state index in [2.05, 4.69) is 19.2 Å². The number of rotatable bonds is 7. The summed E-state index contributed by atoms with van der Waals surface area (Å²) in [7, 11) is 1.54. The van der Waals surface area contributed by atoms with Crippen LogP contribution < -0.4 is 20.5 Å². The standard InChI is InChI=1S/C19H24N2O3/c1-4-13(2)15-7-5-6-8-17(15)24-12-19(22)21-16-11-14(20)9-10-18(16)23-3/h5-11,13H,4,12,20H2,1-3H3,(H,21,22)/t13-/m1/s1. The number of nitrogens with one attached hydrogen (secondary N) is 1. The van der Waals surface area contributed by atoms with Crippen molar-refractivity contribution in [3.8, 4) is 11.5 Å². The van der Waals surface area contributed by atoms with Crippen LogP contribution >= 0.6 is 0 Å². The molecule has 2 rings (SSSR count). The fraction of sp³-hybridized carbons (Fsp3) is 0.316. The Hall–Kier alpha value is -2.69. The van der Waals surface area contributed by atoms with E-state index in [1.807, 2.05) is 24.3 Å². The van der Waals surface area contributed by atoms with E-state index in [0.717, 1.165) is 17.7 Å². The molecule has 0 radical (unpaired) electrons. The fourth-order valence-corrected chi connectivity index (χ4v) is 2.39. The first-order valence-electron chi connectivity index (χ1n) is 8.00. The van der Waals surface area contributed by atoms with Crippen LogP contribution in [0.4, 0.5) is 11.4 Å². The summed E-state index contributed by atoms with van der Waals surface area (Å²) in [5.74, 6) is 1.40. The van der Waals surface area contributed by atoms with Gasteiger partial charge in [0.2, 0.25) is 0 Å². The molecule has 0 aliphatic carbocycles. The third-order valence-corrected chi connectivity index (χ3v) is 3.92. The topological polar surface area (TPSA) is 73.6 Å². The van der Waals surface area contributed by atoms with Gasteiger partial charge in [-0.25, -0.2) is 0 Å². The van der Waals surface area contributed by atoms with E-state index in [1.54, 1.807) is 25.3 Å². The summed E-state index contributed by atoms with van der Waals surface area (Å²) in [6, 6.07) is 12.9. The molecule has 0 aromatic heterocycles. The van der Waals surface area contributed by atoms with Crippen molar-refractivity contribution in [3.63, 3.8) is 0 Å². The molecule has 1 amide bonds. The third-order valence-electron chi connectivity index (χ3n) is 3.92. The summed E-state index contributed by atoms with van der Waals surface area (Å²) in [5.41, 5.74) is 7.94. The summed E-state index contributed by atoms with van der Waals surface area (Å²) >= 11 is 0. The lowest BCUT2D eigenvalue weighted by Crippen LogP contribution is -2.21. The number of amides is 1. The largest absolute Gasteiger partial charge is 0.495 e. The van der Waals surface area contributed by atoms with Gasteiger partial charge >= 0.3 is 0 Å². The summed E-state index contributed by atoms with van der Waals surface area (Å²) in [5, 5.41) is 2.77. The van der Waals surface area contributed by atoms with Crippen molar-refractivity contribution < 1.29 is 14.3 Å². The van der Waals surface area contributed by atoms with Crippen LogP contribution in [-0.4, -0.2) is 19.6 Å².